The van der Waals surface area contributed by atoms with E-state index in [1.807, 2.05) is 158 Å². The van der Waals surface area contributed by atoms with Gasteiger partial charge in [0.2, 0.25) is 0 Å². The molecule has 0 aliphatic carbocycles. The molecular formula is C49H38F2N6O5S3. The maximum absolute atomic E-state index is 14.4. The first-order valence-corrected chi connectivity index (χ1v) is 23.1. The number of benzene rings is 5. The Morgan fingerprint density at radius 1 is 0.877 bits per heavy atom. The van der Waals surface area contributed by atoms with Crippen LogP contribution in [0, 0.1) is 11.3 Å². The molecule has 0 radical (unpaired) electrons. The molecule has 1 aromatic heterocycles. The van der Waals surface area contributed by atoms with Crippen LogP contribution in [-0.2, 0) is 29.5 Å². The first kappa shape index (κ1) is 44.5. The molecule has 1 unspecified atom stereocenters. The fraction of sp³-hybridized carbons (Fsp3) is 0.143. The molecule has 0 bridgehead atoms. The third kappa shape index (κ3) is 9.72. The topological polar surface area (TPSA) is 146 Å². The standard InChI is InChI=1S/C49H38F2N6O5S3/c50-47(51)62-56-39(38-31-65-48(53-38)55-49(35-21-10-3-11-22-35,36-23-12-4-13-24-36)37-25-14-5-15-26-37)43(58)54-40-44(59)57-41(34(30-64-45(40)57)29-63-28-16-27-52)46(60)61-42(32-17-6-1-7-18-32)33-19-8-2-9-20-33/h1-26,28,31,40,42,45,47H,29-30H2,(H,53,55)(H,54,58)/b28-16-,56-39?/t40?,45-/m1/s1. The van der Waals surface area contributed by atoms with Crippen molar-refractivity contribution in [3.63, 3.8) is 0 Å². The summed E-state index contributed by atoms with van der Waals surface area (Å²) in [6.07, 6.45) is 0.502. The number of ether oxygens (including phenoxy) is 1. The number of carbonyl (C=O) groups is 3. The first-order chi connectivity index (χ1) is 31.8. The molecule has 65 heavy (non-hydrogen) atoms. The van der Waals surface area contributed by atoms with Gasteiger partial charge in [-0.1, -0.05) is 157 Å². The van der Waals surface area contributed by atoms with Gasteiger partial charge >= 0.3 is 12.6 Å². The third-order valence-electron chi connectivity index (χ3n) is 10.6. The van der Waals surface area contributed by atoms with Gasteiger partial charge in [-0.3, -0.25) is 14.5 Å². The van der Waals surface area contributed by atoms with E-state index >= 15 is 0 Å². The molecular weight excluding hydrogens is 887 g/mol. The van der Waals surface area contributed by atoms with E-state index in [2.05, 4.69) is 25.6 Å². The number of carbonyl (C=O) groups excluding carboxylic acids is 3. The van der Waals surface area contributed by atoms with Crippen molar-refractivity contribution >= 4 is 63.5 Å². The number of aromatic nitrogens is 1. The number of hydrogen-bond donors (Lipinski definition) is 2. The zero-order valence-corrected chi connectivity index (χ0v) is 36.6. The molecule has 2 atom stereocenters. The van der Waals surface area contributed by atoms with Gasteiger partial charge in [0.25, 0.3) is 11.8 Å². The van der Waals surface area contributed by atoms with Crippen molar-refractivity contribution in [2.24, 2.45) is 5.16 Å². The number of nitriles is 1. The highest BCUT2D eigenvalue weighted by molar-refractivity contribution is 8.02. The van der Waals surface area contributed by atoms with Gasteiger partial charge in [-0.05, 0) is 38.8 Å². The Hall–Kier alpha value is -7.06. The second-order valence-corrected chi connectivity index (χ2v) is 17.3. The van der Waals surface area contributed by atoms with Gasteiger partial charge in [0.1, 0.15) is 28.3 Å². The van der Waals surface area contributed by atoms with Crippen molar-refractivity contribution in [1.29, 1.82) is 5.26 Å². The lowest BCUT2D eigenvalue weighted by Gasteiger charge is -2.49. The number of anilines is 1. The molecule has 11 nitrogen and oxygen atoms in total. The lowest BCUT2D eigenvalue weighted by Crippen LogP contribution is -2.71. The molecule has 0 saturated carbocycles. The fourth-order valence-corrected chi connectivity index (χ4v) is 10.6. The van der Waals surface area contributed by atoms with E-state index in [-0.39, 0.29) is 22.9 Å². The van der Waals surface area contributed by atoms with Crippen LogP contribution < -0.4 is 10.6 Å². The number of oxime groups is 1. The maximum Gasteiger partial charge on any atom is 0.407 e. The van der Waals surface area contributed by atoms with Crippen LogP contribution in [0.1, 0.15) is 39.6 Å². The molecule has 1 fully saturated rings. The number of hydrogen-bond acceptors (Lipinski definition) is 12. The molecule has 2 aliphatic heterocycles. The van der Waals surface area contributed by atoms with Crippen LogP contribution in [-0.4, -0.2) is 62.9 Å². The number of allylic oxidation sites excluding steroid dienone is 1. The molecule has 2 aliphatic rings. The summed E-state index contributed by atoms with van der Waals surface area (Å²) in [5, 5.41) is 21.5. The molecule has 8 rings (SSSR count). The van der Waals surface area contributed by atoms with E-state index in [0.717, 1.165) is 28.0 Å². The van der Waals surface area contributed by atoms with Gasteiger partial charge < -0.3 is 20.2 Å². The van der Waals surface area contributed by atoms with E-state index in [0.29, 0.717) is 21.8 Å². The Balaban J connectivity index is 1.07. The van der Waals surface area contributed by atoms with Crippen molar-refractivity contribution in [3.8, 4) is 6.07 Å². The predicted molar refractivity (Wildman–Crippen MR) is 249 cm³/mol. The summed E-state index contributed by atoms with van der Waals surface area (Å²) in [7, 11) is 0. The predicted octanol–water partition coefficient (Wildman–Crippen LogP) is 9.25. The summed E-state index contributed by atoms with van der Waals surface area (Å²) in [5.74, 6) is -1.82. The molecule has 326 valence electrons. The Morgan fingerprint density at radius 3 is 1.94 bits per heavy atom. The smallest absolute Gasteiger partial charge is 0.407 e. The molecule has 0 spiro atoms. The number of β-lactam (4-membered cyclic amide) rings is 1. The highest BCUT2D eigenvalue weighted by atomic mass is 32.2. The fourth-order valence-electron chi connectivity index (χ4n) is 7.65. The summed E-state index contributed by atoms with van der Waals surface area (Å²) in [6.45, 7) is -3.36. The molecule has 16 heteroatoms. The number of nitrogens with zero attached hydrogens (tertiary/aromatic N) is 4. The lowest BCUT2D eigenvalue weighted by atomic mass is 9.77. The van der Waals surface area contributed by atoms with Crippen molar-refractivity contribution < 1.29 is 32.7 Å². The van der Waals surface area contributed by atoms with E-state index in [4.69, 9.17) is 10.00 Å². The third-order valence-corrected chi connectivity index (χ3v) is 13.5. The number of amides is 2. The number of nitrogens with one attached hydrogen (secondary N) is 2. The molecule has 1 saturated heterocycles. The zero-order chi connectivity index (χ0) is 45.2. The van der Waals surface area contributed by atoms with Gasteiger partial charge in [0.15, 0.2) is 16.9 Å². The van der Waals surface area contributed by atoms with E-state index < -0.39 is 53.2 Å². The summed E-state index contributed by atoms with van der Waals surface area (Å²) in [6, 6.07) is 48.4. The Kier molecular flexibility index (Phi) is 14.1. The number of thiazole rings is 1. The van der Waals surface area contributed by atoms with E-state index in [1.165, 1.54) is 39.9 Å². The number of halogens is 2. The van der Waals surface area contributed by atoms with Crippen LogP contribution in [0.4, 0.5) is 13.9 Å². The van der Waals surface area contributed by atoms with Gasteiger partial charge in [-0.25, -0.2) is 9.78 Å². The van der Waals surface area contributed by atoms with Gasteiger partial charge in [-0.15, -0.1) is 34.9 Å². The average molecular weight is 925 g/mol. The lowest BCUT2D eigenvalue weighted by molar-refractivity contribution is -0.154. The molecule has 3 heterocycles. The van der Waals surface area contributed by atoms with E-state index in [1.54, 1.807) is 5.41 Å². The minimum atomic E-state index is -3.36. The van der Waals surface area contributed by atoms with Crippen molar-refractivity contribution in [2.75, 3.05) is 16.8 Å². The number of rotatable bonds is 17. The van der Waals surface area contributed by atoms with Gasteiger partial charge in [-0.2, -0.15) is 14.0 Å². The first-order valence-electron chi connectivity index (χ1n) is 20.2. The summed E-state index contributed by atoms with van der Waals surface area (Å²) >= 11 is 3.71. The summed E-state index contributed by atoms with van der Waals surface area (Å²) in [5.41, 5.74) is 3.04. The van der Waals surface area contributed by atoms with Crippen LogP contribution in [0.3, 0.4) is 0 Å². The monoisotopic (exact) mass is 924 g/mol. The zero-order valence-electron chi connectivity index (χ0n) is 34.2. The quantitative estimate of drug-likeness (QED) is 0.0227. The van der Waals surface area contributed by atoms with Gasteiger partial charge in [0.05, 0.1) is 6.07 Å². The Bertz CT molecular complexity index is 2620. The summed E-state index contributed by atoms with van der Waals surface area (Å²) in [4.78, 5) is 53.0. The number of alkyl halides is 2. The molecule has 2 N–H and O–H groups in total. The normalized spacial score (nSPS) is 16.2. The maximum atomic E-state index is 14.4. The van der Waals surface area contributed by atoms with Crippen LogP contribution in [0.15, 0.2) is 185 Å². The largest absolute Gasteiger partial charge is 0.448 e. The van der Waals surface area contributed by atoms with Crippen LogP contribution in [0.2, 0.25) is 0 Å². The second kappa shape index (κ2) is 20.6. The Labute approximate surface area is 385 Å². The van der Waals surface area contributed by atoms with Crippen LogP contribution in [0.25, 0.3) is 0 Å². The summed E-state index contributed by atoms with van der Waals surface area (Å²) < 4.78 is 33.3. The Morgan fingerprint density at radius 2 is 1.42 bits per heavy atom. The highest BCUT2D eigenvalue weighted by Gasteiger charge is 2.55. The molecule has 5 aromatic carbocycles. The SMILES string of the molecule is N#C/C=C\SCC1=C(C(=O)OC(c2ccccc2)c2ccccc2)N2C(=O)C(NC(=O)C(=NOC(F)F)c3csc(NC(c4ccccc4)(c4ccccc4)c4ccccc4)n3)[C@H]2SC1. The average Bonchev–Trinajstić information content (AvgIpc) is 3.81. The van der Waals surface area contributed by atoms with Crippen molar-refractivity contribution in [3.05, 3.63) is 213 Å². The second-order valence-electron chi connectivity index (χ2n) is 14.5. The number of fused-ring (bicyclic) bond motifs is 1. The van der Waals surface area contributed by atoms with Crippen molar-refractivity contribution in [1.82, 2.24) is 15.2 Å². The molecule has 6 aromatic rings. The molecule has 2 amide bonds. The minimum Gasteiger partial charge on any atom is -0.448 e. The highest BCUT2D eigenvalue weighted by Crippen LogP contribution is 2.43. The van der Waals surface area contributed by atoms with E-state index in [9.17, 15) is 23.2 Å². The van der Waals surface area contributed by atoms with Crippen molar-refractivity contribution in [2.45, 2.75) is 29.7 Å². The van der Waals surface area contributed by atoms with Crippen LogP contribution >= 0.6 is 34.9 Å². The number of thioether (sulfide) groups is 2. The van der Waals surface area contributed by atoms with Gasteiger partial charge in [0, 0.05) is 23.0 Å². The van der Waals surface area contributed by atoms with Crippen LogP contribution in [0.5, 0.6) is 0 Å². The minimum absolute atomic E-state index is 0.0304. The number of esters is 1.